The Bertz CT molecular complexity index is 478. The maximum atomic E-state index is 12.6. The number of carbonyl (C=O) groups excluding carboxylic acids is 1. The molecule has 0 aliphatic rings. The van der Waals surface area contributed by atoms with E-state index in [0.717, 1.165) is 12.1 Å². The van der Waals surface area contributed by atoms with Crippen LogP contribution in [0.1, 0.15) is 40.4 Å². The Morgan fingerprint density at radius 3 is 2.65 bits per heavy atom. The number of halogens is 2. The second-order valence-corrected chi connectivity index (χ2v) is 3.39. The van der Waals surface area contributed by atoms with E-state index in [-0.39, 0.29) is 23.3 Å². The van der Waals surface area contributed by atoms with Gasteiger partial charge in [0.15, 0.2) is 0 Å². The van der Waals surface area contributed by atoms with E-state index in [1.54, 1.807) is 13.0 Å². The molecule has 0 radical (unpaired) electrons. The van der Waals surface area contributed by atoms with Gasteiger partial charge in [0, 0.05) is 5.56 Å². The first-order valence-corrected chi connectivity index (χ1v) is 5.01. The summed E-state index contributed by atoms with van der Waals surface area (Å²) in [5.74, 6) is -0.609. The van der Waals surface area contributed by atoms with Crippen LogP contribution in [-0.2, 0) is 4.74 Å². The fourth-order valence-corrected chi connectivity index (χ4v) is 1.44. The molecule has 1 rings (SSSR count). The van der Waals surface area contributed by atoms with Crippen molar-refractivity contribution in [3.05, 3.63) is 34.4 Å². The molecule has 0 saturated carbocycles. The van der Waals surface area contributed by atoms with Gasteiger partial charge in [-0.2, -0.15) is 5.26 Å². The van der Waals surface area contributed by atoms with Gasteiger partial charge in [0.2, 0.25) is 0 Å². The summed E-state index contributed by atoms with van der Waals surface area (Å²) in [7, 11) is 0. The molecular weight excluding hydrogens is 228 g/mol. The third-order valence-electron chi connectivity index (χ3n) is 2.25. The summed E-state index contributed by atoms with van der Waals surface area (Å²) in [5.41, 5.74) is -0.0442. The van der Waals surface area contributed by atoms with E-state index in [1.165, 1.54) is 6.92 Å². The van der Waals surface area contributed by atoms with E-state index in [4.69, 9.17) is 10.00 Å². The van der Waals surface area contributed by atoms with Crippen molar-refractivity contribution in [2.45, 2.75) is 20.3 Å². The molecule has 0 aliphatic heterocycles. The van der Waals surface area contributed by atoms with Gasteiger partial charge >= 0.3 is 5.97 Å². The van der Waals surface area contributed by atoms with Crippen molar-refractivity contribution >= 4 is 5.97 Å². The average Bonchev–Trinajstić information content (AvgIpc) is 2.28. The fourth-order valence-electron chi connectivity index (χ4n) is 1.44. The summed E-state index contributed by atoms with van der Waals surface area (Å²) >= 11 is 0. The van der Waals surface area contributed by atoms with Gasteiger partial charge in [-0.25, -0.2) is 13.6 Å². The highest BCUT2D eigenvalue weighted by atomic mass is 19.3. The van der Waals surface area contributed by atoms with Gasteiger partial charge in [0.25, 0.3) is 6.43 Å². The van der Waals surface area contributed by atoms with Crippen molar-refractivity contribution in [2.24, 2.45) is 0 Å². The minimum Gasteiger partial charge on any atom is -0.462 e. The number of esters is 1. The minimum atomic E-state index is -2.74. The fraction of sp³-hybridized carbons (Fsp3) is 0.333. The lowest BCUT2D eigenvalue weighted by Gasteiger charge is -2.09. The molecule has 0 bridgehead atoms. The molecule has 1 aromatic rings. The number of carbonyl (C=O) groups is 1. The second kappa shape index (κ2) is 5.39. The summed E-state index contributed by atoms with van der Waals surface area (Å²) < 4.78 is 30.0. The first kappa shape index (κ1) is 13.1. The van der Waals surface area contributed by atoms with Gasteiger partial charge in [-0.05, 0) is 31.5 Å². The predicted octanol–water partition coefficient (Wildman–Crippen LogP) is 2.98. The molecule has 0 amide bonds. The molecule has 3 nitrogen and oxygen atoms in total. The lowest BCUT2D eigenvalue weighted by atomic mass is 10.00. The van der Waals surface area contributed by atoms with Gasteiger partial charge in [-0.15, -0.1) is 0 Å². The molecule has 0 fully saturated rings. The Labute approximate surface area is 97.6 Å². The third-order valence-corrected chi connectivity index (χ3v) is 2.25. The maximum absolute atomic E-state index is 12.6. The van der Waals surface area contributed by atoms with Crippen LogP contribution >= 0.6 is 0 Å². The number of nitriles is 1. The summed E-state index contributed by atoms with van der Waals surface area (Å²) in [4.78, 5) is 11.5. The highest BCUT2D eigenvalue weighted by Gasteiger charge is 2.18. The second-order valence-electron chi connectivity index (χ2n) is 3.39. The molecule has 0 N–H and O–H groups in total. The number of aryl methyl sites for hydroxylation is 1. The van der Waals surface area contributed by atoms with Gasteiger partial charge in [-0.1, -0.05) is 0 Å². The van der Waals surface area contributed by atoms with E-state index in [1.807, 2.05) is 0 Å². The van der Waals surface area contributed by atoms with Crippen LogP contribution in [0, 0.1) is 18.3 Å². The van der Waals surface area contributed by atoms with Gasteiger partial charge in [0.05, 0.1) is 23.8 Å². The van der Waals surface area contributed by atoms with E-state index in [9.17, 15) is 13.6 Å². The van der Waals surface area contributed by atoms with Crippen molar-refractivity contribution in [3.8, 4) is 6.07 Å². The Hall–Kier alpha value is -1.96. The van der Waals surface area contributed by atoms with Crippen molar-refractivity contribution in [2.75, 3.05) is 6.61 Å². The van der Waals surface area contributed by atoms with Crippen LogP contribution in [-0.4, -0.2) is 12.6 Å². The molecule has 17 heavy (non-hydrogen) atoms. The number of hydrogen-bond acceptors (Lipinski definition) is 3. The molecule has 0 heterocycles. The largest absolute Gasteiger partial charge is 0.462 e. The SMILES string of the molecule is CCOC(=O)c1cc(C#N)c(C(F)F)cc1C. The standard InChI is InChI=1S/C12H11F2NO2/c1-3-17-12(16)9-5-8(6-15)10(11(13)14)4-7(9)2/h4-5,11H,3H2,1-2H3. The zero-order valence-electron chi connectivity index (χ0n) is 9.46. The highest BCUT2D eigenvalue weighted by Crippen LogP contribution is 2.26. The molecule has 0 saturated heterocycles. The Kier molecular flexibility index (Phi) is 4.16. The number of nitrogens with zero attached hydrogens (tertiary/aromatic N) is 1. The van der Waals surface area contributed by atoms with Crippen LogP contribution in [0.4, 0.5) is 8.78 Å². The topological polar surface area (TPSA) is 50.1 Å². The minimum absolute atomic E-state index is 0.146. The number of alkyl halides is 2. The zero-order valence-corrected chi connectivity index (χ0v) is 9.46. The first-order chi connectivity index (χ1) is 8.01. The van der Waals surface area contributed by atoms with Crippen LogP contribution in [0.25, 0.3) is 0 Å². The number of rotatable bonds is 3. The van der Waals surface area contributed by atoms with Crippen LogP contribution in [0.15, 0.2) is 12.1 Å². The number of hydrogen-bond donors (Lipinski definition) is 0. The highest BCUT2D eigenvalue weighted by molar-refractivity contribution is 5.91. The van der Waals surface area contributed by atoms with E-state index < -0.39 is 12.4 Å². The Balaban J connectivity index is 3.28. The van der Waals surface area contributed by atoms with E-state index >= 15 is 0 Å². The van der Waals surface area contributed by atoms with Gasteiger partial charge in [-0.3, -0.25) is 0 Å². The predicted molar refractivity (Wildman–Crippen MR) is 56.8 cm³/mol. The molecule has 0 aliphatic carbocycles. The number of ether oxygens (including phenoxy) is 1. The van der Waals surface area contributed by atoms with Crippen LogP contribution < -0.4 is 0 Å². The molecular formula is C12H11F2NO2. The monoisotopic (exact) mass is 239 g/mol. The van der Waals surface area contributed by atoms with Crippen LogP contribution in [0.5, 0.6) is 0 Å². The molecule has 1 aromatic carbocycles. The quantitative estimate of drug-likeness (QED) is 0.762. The Morgan fingerprint density at radius 1 is 1.53 bits per heavy atom. The molecule has 0 aromatic heterocycles. The third kappa shape index (κ3) is 2.78. The summed E-state index contributed by atoms with van der Waals surface area (Å²) in [6.45, 7) is 3.36. The van der Waals surface area contributed by atoms with Crippen molar-refractivity contribution in [1.29, 1.82) is 5.26 Å². The maximum Gasteiger partial charge on any atom is 0.338 e. The van der Waals surface area contributed by atoms with E-state index in [2.05, 4.69) is 0 Å². The summed E-state index contributed by atoms with van der Waals surface area (Å²) in [6.07, 6.45) is -2.74. The molecule has 0 unspecified atom stereocenters. The van der Waals surface area contributed by atoms with Crippen molar-refractivity contribution in [3.63, 3.8) is 0 Å². The summed E-state index contributed by atoms with van der Waals surface area (Å²) in [5, 5.41) is 8.76. The van der Waals surface area contributed by atoms with Crippen LogP contribution in [0.3, 0.4) is 0 Å². The first-order valence-electron chi connectivity index (χ1n) is 5.01. The molecule has 0 spiro atoms. The van der Waals surface area contributed by atoms with Crippen molar-refractivity contribution < 1.29 is 18.3 Å². The average molecular weight is 239 g/mol. The normalized spacial score (nSPS) is 10.1. The molecule has 90 valence electrons. The molecule has 5 heteroatoms. The molecule has 0 atom stereocenters. The summed E-state index contributed by atoms with van der Waals surface area (Å²) in [6, 6.07) is 3.95. The van der Waals surface area contributed by atoms with Gasteiger partial charge in [0.1, 0.15) is 0 Å². The lowest BCUT2D eigenvalue weighted by Crippen LogP contribution is -2.08. The lowest BCUT2D eigenvalue weighted by molar-refractivity contribution is 0.0525. The smallest absolute Gasteiger partial charge is 0.338 e. The Morgan fingerprint density at radius 2 is 2.18 bits per heavy atom. The van der Waals surface area contributed by atoms with E-state index in [0.29, 0.717) is 5.56 Å². The number of benzene rings is 1. The van der Waals surface area contributed by atoms with Crippen LogP contribution in [0.2, 0.25) is 0 Å². The zero-order chi connectivity index (χ0) is 13.0. The van der Waals surface area contributed by atoms with Gasteiger partial charge < -0.3 is 4.74 Å². The van der Waals surface area contributed by atoms with Crippen molar-refractivity contribution in [1.82, 2.24) is 0 Å².